The van der Waals surface area contributed by atoms with Gasteiger partial charge in [0.1, 0.15) is 15.5 Å². The molecular weight excluding hydrogens is 312 g/mol. The third-order valence-corrected chi connectivity index (χ3v) is 6.53. The van der Waals surface area contributed by atoms with Crippen LogP contribution in [0.5, 0.6) is 0 Å². The number of fused-ring (bicyclic) bond motifs is 3. The van der Waals surface area contributed by atoms with Crippen LogP contribution in [0.15, 0.2) is 4.79 Å². The molecule has 0 aliphatic heterocycles. The third-order valence-electron chi connectivity index (χ3n) is 5.37. The van der Waals surface area contributed by atoms with Crippen molar-refractivity contribution in [2.24, 2.45) is 11.8 Å². The normalized spacial score (nSPS) is 26.1. The van der Waals surface area contributed by atoms with Crippen molar-refractivity contribution in [2.45, 2.75) is 45.4 Å². The zero-order chi connectivity index (χ0) is 16.1. The Kier molecular flexibility index (Phi) is 3.52. The number of aromatic nitrogens is 2. The Labute approximate surface area is 138 Å². The average Bonchev–Trinajstić information content (AvgIpc) is 3.21. The van der Waals surface area contributed by atoms with Crippen LogP contribution in [0.2, 0.25) is 0 Å². The number of rotatable bonds is 3. The molecule has 122 valence electrons. The SMILES string of the molecule is CCOC(=O)c1sc2nc(C3CC4CCC3C4)[nH]c(=O)c2c1C. The maximum absolute atomic E-state index is 12.5. The van der Waals surface area contributed by atoms with Crippen LogP contribution in [-0.4, -0.2) is 22.5 Å². The van der Waals surface area contributed by atoms with E-state index in [1.54, 1.807) is 13.8 Å². The lowest BCUT2D eigenvalue weighted by molar-refractivity contribution is 0.0531. The summed E-state index contributed by atoms with van der Waals surface area (Å²) in [5, 5.41) is 0.532. The Balaban J connectivity index is 1.78. The monoisotopic (exact) mass is 332 g/mol. The maximum Gasteiger partial charge on any atom is 0.348 e. The molecule has 0 saturated heterocycles. The first-order chi connectivity index (χ1) is 11.1. The van der Waals surface area contributed by atoms with Crippen molar-refractivity contribution in [3.05, 3.63) is 26.6 Å². The van der Waals surface area contributed by atoms with Crippen LogP contribution >= 0.6 is 11.3 Å². The minimum absolute atomic E-state index is 0.128. The van der Waals surface area contributed by atoms with E-state index in [4.69, 9.17) is 9.72 Å². The molecule has 2 aromatic rings. The van der Waals surface area contributed by atoms with Crippen molar-refractivity contribution < 1.29 is 9.53 Å². The van der Waals surface area contributed by atoms with Crippen LogP contribution in [0.4, 0.5) is 0 Å². The van der Waals surface area contributed by atoms with Crippen molar-refractivity contribution in [1.29, 1.82) is 0 Å². The largest absolute Gasteiger partial charge is 0.462 e. The number of hydrogen-bond acceptors (Lipinski definition) is 5. The molecule has 1 N–H and O–H groups in total. The molecule has 3 atom stereocenters. The van der Waals surface area contributed by atoms with Gasteiger partial charge < -0.3 is 9.72 Å². The lowest BCUT2D eigenvalue weighted by atomic mass is 9.88. The molecule has 2 aromatic heterocycles. The van der Waals surface area contributed by atoms with Crippen LogP contribution in [0.1, 0.15) is 59.6 Å². The molecule has 2 bridgehead atoms. The molecule has 5 nitrogen and oxygen atoms in total. The summed E-state index contributed by atoms with van der Waals surface area (Å²) in [6.07, 6.45) is 4.96. The highest BCUT2D eigenvalue weighted by Crippen LogP contribution is 2.52. The Bertz CT molecular complexity index is 838. The lowest BCUT2D eigenvalue weighted by Gasteiger charge is -2.20. The molecular formula is C17H20N2O3S. The topological polar surface area (TPSA) is 72.0 Å². The van der Waals surface area contributed by atoms with Crippen LogP contribution in [-0.2, 0) is 4.74 Å². The number of thiophene rings is 1. The zero-order valence-electron chi connectivity index (χ0n) is 13.3. The molecule has 3 unspecified atom stereocenters. The molecule has 0 radical (unpaired) electrons. The summed E-state index contributed by atoms with van der Waals surface area (Å²) < 4.78 is 5.08. The van der Waals surface area contributed by atoms with Gasteiger partial charge in [-0.25, -0.2) is 9.78 Å². The number of carbonyl (C=O) groups excluding carboxylic acids is 1. The van der Waals surface area contributed by atoms with E-state index in [1.165, 1.54) is 30.6 Å². The summed E-state index contributed by atoms with van der Waals surface area (Å²) in [7, 11) is 0. The van der Waals surface area contributed by atoms with Crippen LogP contribution in [0.25, 0.3) is 10.2 Å². The number of nitrogens with one attached hydrogen (secondary N) is 1. The first-order valence-electron chi connectivity index (χ1n) is 8.29. The Morgan fingerprint density at radius 2 is 2.22 bits per heavy atom. The van der Waals surface area contributed by atoms with Gasteiger partial charge in [-0.1, -0.05) is 6.42 Å². The Hall–Kier alpha value is -1.69. The highest BCUT2D eigenvalue weighted by atomic mass is 32.1. The van der Waals surface area contributed by atoms with Crippen molar-refractivity contribution >= 4 is 27.5 Å². The van der Waals surface area contributed by atoms with Gasteiger partial charge in [-0.3, -0.25) is 4.79 Å². The fourth-order valence-corrected chi connectivity index (χ4v) is 5.39. The number of ether oxygens (including phenoxy) is 1. The Morgan fingerprint density at radius 1 is 1.39 bits per heavy atom. The standard InChI is InChI=1S/C17H20N2O3S/c1-3-22-17(21)13-8(2)12-15(20)18-14(19-16(12)23-13)11-7-9-4-5-10(11)6-9/h9-11H,3-7H2,1-2H3,(H,18,19,20). The van der Waals surface area contributed by atoms with Gasteiger partial charge in [0.25, 0.3) is 5.56 Å². The number of nitrogens with zero attached hydrogens (tertiary/aromatic N) is 1. The number of esters is 1. The van der Waals surface area contributed by atoms with Gasteiger partial charge in [-0.05, 0) is 50.5 Å². The number of aryl methyl sites for hydroxylation is 1. The highest BCUT2D eigenvalue weighted by Gasteiger charge is 2.41. The first-order valence-corrected chi connectivity index (χ1v) is 9.10. The summed E-state index contributed by atoms with van der Waals surface area (Å²) in [4.78, 5) is 33.4. The van der Waals surface area contributed by atoms with E-state index in [0.717, 1.165) is 18.2 Å². The molecule has 0 aromatic carbocycles. The molecule has 2 heterocycles. The maximum atomic E-state index is 12.5. The summed E-state index contributed by atoms with van der Waals surface area (Å²) in [6.45, 7) is 3.89. The minimum Gasteiger partial charge on any atom is -0.462 e. The second-order valence-corrected chi connectivity index (χ2v) is 7.69. The van der Waals surface area contributed by atoms with Crippen LogP contribution < -0.4 is 5.56 Å². The van der Waals surface area contributed by atoms with Gasteiger partial charge in [0.2, 0.25) is 0 Å². The fourth-order valence-electron chi connectivity index (χ4n) is 4.31. The predicted molar refractivity (Wildman–Crippen MR) is 89.1 cm³/mol. The number of aromatic amines is 1. The van der Waals surface area contributed by atoms with Crippen molar-refractivity contribution in [3.63, 3.8) is 0 Å². The van der Waals surface area contributed by atoms with Crippen molar-refractivity contribution in [1.82, 2.24) is 9.97 Å². The van der Waals surface area contributed by atoms with E-state index < -0.39 is 0 Å². The highest BCUT2D eigenvalue weighted by molar-refractivity contribution is 7.20. The number of H-pyrrole nitrogens is 1. The summed E-state index contributed by atoms with van der Waals surface area (Å²) in [5.41, 5.74) is 0.550. The van der Waals surface area contributed by atoms with Gasteiger partial charge in [0.05, 0.1) is 12.0 Å². The van der Waals surface area contributed by atoms with E-state index in [9.17, 15) is 9.59 Å². The van der Waals surface area contributed by atoms with Crippen LogP contribution in [0.3, 0.4) is 0 Å². The molecule has 23 heavy (non-hydrogen) atoms. The van der Waals surface area contributed by atoms with Gasteiger partial charge in [0.15, 0.2) is 0 Å². The van der Waals surface area contributed by atoms with Gasteiger partial charge >= 0.3 is 5.97 Å². The van der Waals surface area contributed by atoms with E-state index in [2.05, 4.69) is 4.98 Å². The summed E-state index contributed by atoms with van der Waals surface area (Å²) in [6, 6.07) is 0. The molecule has 4 rings (SSSR count). The van der Waals surface area contributed by atoms with Gasteiger partial charge in [0, 0.05) is 5.92 Å². The van der Waals surface area contributed by atoms with E-state index in [1.807, 2.05) is 0 Å². The summed E-state index contributed by atoms with van der Waals surface area (Å²) in [5.74, 6) is 2.27. The molecule has 6 heteroatoms. The van der Waals surface area contributed by atoms with E-state index in [-0.39, 0.29) is 11.5 Å². The van der Waals surface area contributed by atoms with Crippen molar-refractivity contribution in [3.8, 4) is 0 Å². The number of carbonyl (C=O) groups is 1. The predicted octanol–water partition coefficient (Wildman–Crippen LogP) is 3.37. The molecule has 2 saturated carbocycles. The van der Waals surface area contributed by atoms with E-state index in [0.29, 0.717) is 39.1 Å². The number of hydrogen-bond donors (Lipinski definition) is 1. The van der Waals surface area contributed by atoms with Crippen molar-refractivity contribution in [2.75, 3.05) is 6.61 Å². The molecule has 0 spiro atoms. The third kappa shape index (κ3) is 2.31. The lowest BCUT2D eigenvalue weighted by Crippen LogP contribution is -2.18. The van der Waals surface area contributed by atoms with Gasteiger partial charge in [-0.15, -0.1) is 11.3 Å². The molecule has 2 aliphatic rings. The van der Waals surface area contributed by atoms with Gasteiger partial charge in [-0.2, -0.15) is 0 Å². The molecule has 2 fully saturated rings. The average molecular weight is 332 g/mol. The Morgan fingerprint density at radius 3 is 2.87 bits per heavy atom. The van der Waals surface area contributed by atoms with E-state index >= 15 is 0 Å². The summed E-state index contributed by atoms with van der Waals surface area (Å²) >= 11 is 1.27. The zero-order valence-corrected chi connectivity index (χ0v) is 14.2. The second-order valence-electron chi connectivity index (χ2n) is 6.69. The second kappa shape index (κ2) is 5.44. The first kappa shape index (κ1) is 14.9. The minimum atomic E-state index is -0.367. The quantitative estimate of drug-likeness (QED) is 0.875. The smallest absolute Gasteiger partial charge is 0.348 e. The molecule has 0 amide bonds. The fraction of sp³-hybridized carbons (Fsp3) is 0.588. The van der Waals surface area contributed by atoms with Crippen LogP contribution in [0, 0.1) is 18.8 Å². The molecule has 2 aliphatic carbocycles.